The van der Waals surface area contributed by atoms with Crippen molar-refractivity contribution in [2.45, 2.75) is 13.0 Å². The average Bonchev–Trinajstić information content (AvgIpc) is 2.65. The monoisotopic (exact) mass is 391 g/mol. The van der Waals surface area contributed by atoms with Gasteiger partial charge in [0, 0.05) is 18.2 Å². The van der Waals surface area contributed by atoms with Gasteiger partial charge in [-0.05, 0) is 36.3 Å². The van der Waals surface area contributed by atoms with Crippen molar-refractivity contribution in [3.05, 3.63) is 68.7 Å². The number of carbonyl (C=O) groups is 1. The highest BCUT2D eigenvalue weighted by Gasteiger charge is 2.14. The molecule has 1 atom stereocenters. The van der Waals surface area contributed by atoms with E-state index in [1.165, 1.54) is 38.5 Å². The van der Waals surface area contributed by atoms with Crippen LogP contribution in [0, 0.1) is 10.1 Å². The minimum absolute atomic E-state index is 0.0640. The maximum absolute atomic E-state index is 12.0. The van der Waals surface area contributed by atoms with E-state index in [1.807, 2.05) is 0 Å². The fraction of sp³-hybridized carbons (Fsp3) is 0.211. The van der Waals surface area contributed by atoms with E-state index in [9.17, 15) is 14.9 Å². The Morgan fingerprint density at radius 3 is 2.59 bits per heavy atom. The van der Waals surface area contributed by atoms with E-state index in [2.05, 4.69) is 0 Å². The van der Waals surface area contributed by atoms with Crippen LogP contribution in [-0.4, -0.2) is 25.1 Å². The van der Waals surface area contributed by atoms with Crippen LogP contribution < -0.4 is 9.47 Å². The summed E-state index contributed by atoms with van der Waals surface area (Å²) in [5.74, 6) is 0.237. The van der Waals surface area contributed by atoms with Crippen molar-refractivity contribution in [3.63, 3.8) is 0 Å². The SMILES string of the molecule is COc1cc(/C=C/C(=O)O[C@H](C)c2cccc([N+](=O)[O-])c2)cc(Cl)c1OC. The Kier molecular flexibility index (Phi) is 6.79. The van der Waals surface area contributed by atoms with Crippen LogP contribution in [0.25, 0.3) is 6.08 Å². The molecule has 0 heterocycles. The minimum atomic E-state index is -0.643. The number of ether oxygens (including phenoxy) is 3. The van der Waals surface area contributed by atoms with E-state index >= 15 is 0 Å². The maximum atomic E-state index is 12.0. The van der Waals surface area contributed by atoms with Crippen LogP contribution in [0.2, 0.25) is 5.02 Å². The van der Waals surface area contributed by atoms with Gasteiger partial charge in [-0.25, -0.2) is 4.79 Å². The second-order valence-electron chi connectivity index (χ2n) is 5.50. The van der Waals surface area contributed by atoms with Gasteiger partial charge in [-0.2, -0.15) is 0 Å². The first-order valence-electron chi connectivity index (χ1n) is 7.90. The normalized spacial score (nSPS) is 11.9. The Morgan fingerprint density at radius 1 is 1.22 bits per heavy atom. The van der Waals surface area contributed by atoms with Gasteiger partial charge in [-0.15, -0.1) is 0 Å². The third kappa shape index (κ3) is 5.21. The van der Waals surface area contributed by atoms with Crippen LogP contribution in [-0.2, 0) is 9.53 Å². The summed E-state index contributed by atoms with van der Waals surface area (Å²) in [6, 6.07) is 9.23. The van der Waals surface area contributed by atoms with E-state index in [-0.39, 0.29) is 5.69 Å². The fourth-order valence-electron chi connectivity index (χ4n) is 2.37. The highest BCUT2D eigenvalue weighted by molar-refractivity contribution is 6.32. The number of hydrogen-bond acceptors (Lipinski definition) is 6. The lowest BCUT2D eigenvalue weighted by Crippen LogP contribution is -2.06. The van der Waals surface area contributed by atoms with Crippen LogP contribution in [0.1, 0.15) is 24.2 Å². The number of benzene rings is 2. The molecule has 0 spiro atoms. The summed E-state index contributed by atoms with van der Waals surface area (Å²) in [4.78, 5) is 22.4. The summed E-state index contributed by atoms with van der Waals surface area (Å²) in [5, 5.41) is 11.2. The first-order valence-corrected chi connectivity index (χ1v) is 8.28. The molecule has 27 heavy (non-hydrogen) atoms. The molecule has 8 heteroatoms. The number of nitro benzene ring substituents is 1. The van der Waals surface area contributed by atoms with E-state index in [1.54, 1.807) is 31.2 Å². The molecule has 0 saturated heterocycles. The zero-order valence-corrected chi connectivity index (χ0v) is 15.7. The molecule has 7 nitrogen and oxygen atoms in total. The number of nitrogens with zero attached hydrogens (tertiary/aromatic N) is 1. The lowest BCUT2D eigenvalue weighted by Gasteiger charge is -2.12. The lowest BCUT2D eigenvalue weighted by atomic mass is 10.1. The molecule has 0 unspecified atom stereocenters. The Balaban J connectivity index is 2.10. The molecule has 142 valence electrons. The van der Waals surface area contributed by atoms with Gasteiger partial charge in [0.2, 0.25) is 0 Å². The van der Waals surface area contributed by atoms with Gasteiger partial charge in [-0.1, -0.05) is 23.7 Å². The molecule has 0 aliphatic rings. The van der Waals surface area contributed by atoms with Gasteiger partial charge in [0.1, 0.15) is 6.10 Å². The number of esters is 1. The number of rotatable bonds is 7. The summed E-state index contributed by atoms with van der Waals surface area (Å²) in [7, 11) is 2.96. The Bertz CT molecular complexity index is 880. The fourth-order valence-corrected chi connectivity index (χ4v) is 2.67. The van der Waals surface area contributed by atoms with E-state index < -0.39 is 17.0 Å². The van der Waals surface area contributed by atoms with Crippen LogP contribution >= 0.6 is 11.6 Å². The van der Waals surface area contributed by atoms with Gasteiger partial charge in [0.05, 0.1) is 24.2 Å². The number of nitro groups is 1. The first kappa shape index (κ1) is 20.3. The van der Waals surface area contributed by atoms with E-state index in [0.29, 0.717) is 27.6 Å². The van der Waals surface area contributed by atoms with Crippen molar-refractivity contribution in [2.75, 3.05) is 14.2 Å². The summed E-state index contributed by atoms with van der Waals surface area (Å²) in [6.07, 6.45) is 2.12. The zero-order valence-electron chi connectivity index (χ0n) is 15.0. The van der Waals surface area contributed by atoms with Crippen LogP contribution in [0.4, 0.5) is 5.69 Å². The van der Waals surface area contributed by atoms with E-state index in [4.69, 9.17) is 25.8 Å². The molecule has 0 amide bonds. The molecule has 0 aromatic heterocycles. The molecule has 2 aromatic carbocycles. The van der Waals surface area contributed by atoms with Crippen LogP contribution in [0.5, 0.6) is 11.5 Å². The summed E-state index contributed by atoms with van der Waals surface area (Å²) < 4.78 is 15.6. The first-order chi connectivity index (χ1) is 12.8. The standard InChI is InChI=1S/C19H18ClNO6/c1-12(14-5-4-6-15(11-14)21(23)24)27-18(22)8-7-13-9-16(20)19(26-3)17(10-13)25-2/h4-12H,1-3H3/b8-7+/t12-/m1/s1. The smallest absolute Gasteiger partial charge is 0.331 e. The van der Waals surface area contributed by atoms with Gasteiger partial charge in [0.15, 0.2) is 11.5 Å². The van der Waals surface area contributed by atoms with E-state index in [0.717, 1.165) is 0 Å². The number of non-ortho nitro benzene ring substituents is 1. The Morgan fingerprint density at radius 2 is 1.96 bits per heavy atom. The molecule has 0 aliphatic heterocycles. The largest absolute Gasteiger partial charge is 0.493 e. The van der Waals surface area contributed by atoms with Crippen LogP contribution in [0.3, 0.4) is 0 Å². The van der Waals surface area contributed by atoms with Crippen molar-refractivity contribution < 1.29 is 23.9 Å². The molecular weight excluding hydrogens is 374 g/mol. The van der Waals surface area contributed by atoms with Crippen molar-refractivity contribution in [2.24, 2.45) is 0 Å². The van der Waals surface area contributed by atoms with Gasteiger partial charge in [-0.3, -0.25) is 10.1 Å². The third-order valence-corrected chi connectivity index (χ3v) is 3.99. The van der Waals surface area contributed by atoms with Gasteiger partial charge < -0.3 is 14.2 Å². The van der Waals surface area contributed by atoms with Crippen molar-refractivity contribution >= 4 is 29.3 Å². The molecule has 0 bridgehead atoms. The van der Waals surface area contributed by atoms with Crippen molar-refractivity contribution in [3.8, 4) is 11.5 Å². The zero-order chi connectivity index (χ0) is 20.0. The third-order valence-electron chi connectivity index (χ3n) is 3.71. The maximum Gasteiger partial charge on any atom is 0.331 e. The minimum Gasteiger partial charge on any atom is -0.493 e. The predicted octanol–water partition coefficient (Wildman–Crippen LogP) is 4.58. The molecule has 2 rings (SSSR count). The van der Waals surface area contributed by atoms with Crippen molar-refractivity contribution in [1.29, 1.82) is 0 Å². The lowest BCUT2D eigenvalue weighted by molar-refractivity contribution is -0.385. The highest BCUT2D eigenvalue weighted by atomic mass is 35.5. The van der Waals surface area contributed by atoms with Gasteiger partial charge >= 0.3 is 5.97 Å². The number of hydrogen-bond donors (Lipinski definition) is 0. The second kappa shape index (κ2) is 9.05. The number of halogens is 1. The Hall–Kier alpha value is -3.06. The number of methoxy groups -OCH3 is 2. The molecule has 0 saturated carbocycles. The molecule has 0 fully saturated rings. The summed E-state index contributed by atoms with van der Waals surface area (Å²) >= 11 is 6.12. The van der Waals surface area contributed by atoms with Crippen LogP contribution in [0.15, 0.2) is 42.5 Å². The molecule has 0 N–H and O–H groups in total. The van der Waals surface area contributed by atoms with Gasteiger partial charge in [0.25, 0.3) is 5.69 Å². The molecular formula is C19H18ClNO6. The average molecular weight is 392 g/mol. The highest BCUT2D eigenvalue weighted by Crippen LogP contribution is 2.36. The summed E-state index contributed by atoms with van der Waals surface area (Å²) in [6.45, 7) is 1.64. The van der Waals surface area contributed by atoms with Crippen molar-refractivity contribution in [1.82, 2.24) is 0 Å². The molecule has 2 aromatic rings. The second-order valence-corrected chi connectivity index (χ2v) is 5.91. The Labute approximate surface area is 161 Å². The quantitative estimate of drug-likeness (QED) is 0.297. The predicted molar refractivity (Wildman–Crippen MR) is 101 cm³/mol. The number of carbonyl (C=O) groups excluding carboxylic acids is 1. The molecule has 0 radical (unpaired) electrons. The summed E-state index contributed by atoms with van der Waals surface area (Å²) in [5.41, 5.74) is 1.09. The molecule has 0 aliphatic carbocycles. The topological polar surface area (TPSA) is 87.9 Å².